The maximum absolute atomic E-state index is 12.4. The molecular formula is C22H24N2O3S. The SMILES string of the molecule is COc1ccc(NC(=O)CSc2nc3cc(C)cc(C)c3cc2C)c(OC)c1. The summed E-state index contributed by atoms with van der Waals surface area (Å²) in [7, 11) is 3.15. The van der Waals surface area contributed by atoms with Crippen molar-refractivity contribution in [2.75, 3.05) is 25.3 Å². The van der Waals surface area contributed by atoms with E-state index in [0.717, 1.165) is 21.5 Å². The fourth-order valence-corrected chi connectivity index (χ4v) is 3.87. The average molecular weight is 397 g/mol. The summed E-state index contributed by atoms with van der Waals surface area (Å²) in [5.74, 6) is 1.38. The number of rotatable bonds is 6. The molecule has 1 N–H and O–H groups in total. The van der Waals surface area contributed by atoms with Gasteiger partial charge in [0, 0.05) is 11.5 Å². The number of aromatic nitrogens is 1. The lowest BCUT2D eigenvalue weighted by Crippen LogP contribution is -2.15. The van der Waals surface area contributed by atoms with Crippen molar-refractivity contribution < 1.29 is 14.3 Å². The molecule has 0 radical (unpaired) electrons. The zero-order chi connectivity index (χ0) is 20.3. The van der Waals surface area contributed by atoms with Crippen LogP contribution in [0, 0.1) is 20.8 Å². The number of anilines is 1. The first kappa shape index (κ1) is 20.0. The van der Waals surface area contributed by atoms with Crippen LogP contribution in [0.4, 0.5) is 5.69 Å². The Kier molecular flexibility index (Phi) is 6.09. The summed E-state index contributed by atoms with van der Waals surface area (Å²) in [6.07, 6.45) is 0. The molecule has 0 aliphatic carbocycles. The summed E-state index contributed by atoms with van der Waals surface area (Å²) in [6, 6.07) is 11.7. The summed E-state index contributed by atoms with van der Waals surface area (Å²) >= 11 is 1.43. The average Bonchev–Trinajstić information content (AvgIpc) is 2.67. The third-order valence-electron chi connectivity index (χ3n) is 4.45. The van der Waals surface area contributed by atoms with Crippen LogP contribution in [-0.4, -0.2) is 30.9 Å². The first-order chi connectivity index (χ1) is 13.4. The molecular weight excluding hydrogens is 372 g/mol. The van der Waals surface area contributed by atoms with E-state index in [1.165, 1.54) is 22.9 Å². The van der Waals surface area contributed by atoms with Gasteiger partial charge < -0.3 is 14.8 Å². The number of benzene rings is 2. The lowest BCUT2D eigenvalue weighted by atomic mass is 10.1. The largest absolute Gasteiger partial charge is 0.497 e. The van der Waals surface area contributed by atoms with Gasteiger partial charge in [-0.1, -0.05) is 17.8 Å². The van der Waals surface area contributed by atoms with Gasteiger partial charge >= 0.3 is 0 Å². The van der Waals surface area contributed by atoms with Gasteiger partial charge in [0.15, 0.2) is 0 Å². The molecule has 3 aromatic rings. The second-order valence-corrected chi connectivity index (χ2v) is 7.63. The minimum Gasteiger partial charge on any atom is -0.497 e. The molecule has 0 atom stereocenters. The number of carbonyl (C=O) groups excluding carboxylic acids is 1. The highest BCUT2D eigenvalue weighted by atomic mass is 32.2. The molecule has 2 aromatic carbocycles. The van der Waals surface area contributed by atoms with Crippen molar-refractivity contribution in [1.29, 1.82) is 0 Å². The fourth-order valence-electron chi connectivity index (χ4n) is 3.08. The van der Waals surface area contributed by atoms with Crippen molar-refractivity contribution >= 4 is 34.3 Å². The predicted octanol–water partition coefficient (Wildman–Crippen LogP) is 4.91. The Bertz CT molecular complexity index is 1030. The molecule has 146 valence electrons. The number of aryl methyl sites for hydroxylation is 3. The van der Waals surface area contributed by atoms with E-state index in [1.54, 1.807) is 32.4 Å². The van der Waals surface area contributed by atoms with Crippen LogP contribution in [-0.2, 0) is 4.79 Å². The van der Waals surface area contributed by atoms with Gasteiger partial charge in [0.1, 0.15) is 16.5 Å². The zero-order valence-corrected chi connectivity index (χ0v) is 17.6. The number of nitrogens with zero attached hydrogens (tertiary/aromatic N) is 1. The number of nitrogens with one attached hydrogen (secondary N) is 1. The topological polar surface area (TPSA) is 60.5 Å². The molecule has 6 heteroatoms. The van der Waals surface area contributed by atoms with E-state index in [1.807, 2.05) is 6.92 Å². The van der Waals surface area contributed by atoms with E-state index in [0.29, 0.717) is 17.2 Å². The van der Waals surface area contributed by atoms with Gasteiger partial charge in [-0.25, -0.2) is 4.98 Å². The molecule has 0 saturated heterocycles. The van der Waals surface area contributed by atoms with E-state index in [-0.39, 0.29) is 11.7 Å². The summed E-state index contributed by atoms with van der Waals surface area (Å²) in [4.78, 5) is 17.2. The Morgan fingerprint density at radius 3 is 2.54 bits per heavy atom. The van der Waals surface area contributed by atoms with Gasteiger partial charge in [-0.3, -0.25) is 4.79 Å². The Labute approximate surface area is 169 Å². The van der Waals surface area contributed by atoms with Crippen LogP contribution in [0.25, 0.3) is 10.9 Å². The first-order valence-electron chi connectivity index (χ1n) is 8.94. The monoisotopic (exact) mass is 396 g/mol. The third kappa shape index (κ3) is 4.39. The van der Waals surface area contributed by atoms with Crippen LogP contribution in [0.3, 0.4) is 0 Å². The number of carbonyl (C=O) groups is 1. The second-order valence-electron chi connectivity index (χ2n) is 6.66. The fraction of sp³-hybridized carbons (Fsp3) is 0.273. The second kappa shape index (κ2) is 8.52. The molecule has 0 saturated carbocycles. The normalized spacial score (nSPS) is 10.8. The smallest absolute Gasteiger partial charge is 0.234 e. The molecule has 0 fully saturated rings. The molecule has 5 nitrogen and oxygen atoms in total. The molecule has 0 aliphatic heterocycles. The van der Waals surface area contributed by atoms with Crippen molar-refractivity contribution in [3.63, 3.8) is 0 Å². The number of hydrogen-bond acceptors (Lipinski definition) is 5. The van der Waals surface area contributed by atoms with Crippen molar-refractivity contribution in [2.24, 2.45) is 0 Å². The van der Waals surface area contributed by atoms with Crippen LogP contribution in [0.2, 0.25) is 0 Å². The molecule has 0 aliphatic rings. The number of methoxy groups -OCH3 is 2. The Morgan fingerprint density at radius 1 is 1.04 bits per heavy atom. The summed E-state index contributed by atoms with van der Waals surface area (Å²) in [5.41, 5.74) is 5.04. The lowest BCUT2D eigenvalue weighted by Gasteiger charge is -2.12. The van der Waals surface area contributed by atoms with Gasteiger partial charge in [-0.05, 0) is 61.7 Å². The first-order valence-corrected chi connectivity index (χ1v) is 9.93. The van der Waals surface area contributed by atoms with Crippen LogP contribution in [0.15, 0.2) is 41.4 Å². The molecule has 1 aromatic heterocycles. The Balaban J connectivity index is 1.73. The van der Waals surface area contributed by atoms with Crippen molar-refractivity contribution in [3.05, 3.63) is 53.1 Å². The van der Waals surface area contributed by atoms with Crippen LogP contribution < -0.4 is 14.8 Å². The van der Waals surface area contributed by atoms with Gasteiger partial charge in [0.25, 0.3) is 0 Å². The molecule has 3 rings (SSSR count). The highest BCUT2D eigenvalue weighted by Gasteiger charge is 2.12. The zero-order valence-electron chi connectivity index (χ0n) is 16.8. The predicted molar refractivity (Wildman–Crippen MR) is 115 cm³/mol. The van der Waals surface area contributed by atoms with E-state index in [9.17, 15) is 4.79 Å². The summed E-state index contributed by atoms with van der Waals surface area (Å²) < 4.78 is 10.5. The maximum atomic E-state index is 12.4. The number of amides is 1. The molecule has 0 spiro atoms. The van der Waals surface area contributed by atoms with Gasteiger partial charge in [0.05, 0.1) is 31.2 Å². The van der Waals surface area contributed by atoms with Gasteiger partial charge in [0.2, 0.25) is 5.91 Å². The minimum atomic E-state index is -0.116. The van der Waals surface area contributed by atoms with E-state index >= 15 is 0 Å². The summed E-state index contributed by atoms with van der Waals surface area (Å²) in [5, 5.41) is 4.91. The number of pyridine rings is 1. The third-order valence-corrected chi connectivity index (χ3v) is 5.55. The molecule has 1 heterocycles. The highest BCUT2D eigenvalue weighted by molar-refractivity contribution is 8.00. The van der Waals surface area contributed by atoms with Crippen LogP contribution in [0.1, 0.15) is 16.7 Å². The van der Waals surface area contributed by atoms with Crippen LogP contribution >= 0.6 is 11.8 Å². The van der Waals surface area contributed by atoms with Crippen molar-refractivity contribution in [1.82, 2.24) is 4.98 Å². The maximum Gasteiger partial charge on any atom is 0.234 e. The number of ether oxygens (including phenoxy) is 2. The number of hydrogen-bond donors (Lipinski definition) is 1. The van der Waals surface area contributed by atoms with Gasteiger partial charge in [-0.2, -0.15) is 0 Å². The van der Waals surface area contributed by atoms with Crippen LogP contribution in [0.5, 0.6) is 11.5 Å². The quantitative estimate of drug-likeness (QED) is 0.600. The van der Waals surface area contributed by atoms with E-state index in [4.69, 9.17) is 14.5 Å². The van der Waals surface area contributed by atoms with E-state index in [2.05, 4.69) is 37.4 Å². The molecule has 28 heavy (non-hydrogen) atoms. The van der Waals surface area contributed by atoms with Gasteiger partial charge in [-0.15, -0.1) is 0 Å². The highest BCUT2D eigenvalue weighted by Crippen LogP contribution is 2.30. The number of fused-ring (bicyclic) bond motifs is 1. The number of thioether (sulfide) groups is 1. The Hall–Kier alpha value is -2.73. The summed E-state index contributed by atoms with van der Waals surface area (Å²) in [6.45, 7) is 6.19. The lowest BCUT2D eigenvalue weighted by molar-refractivity contribution is -0.113. The van der Waals surface area contributed by atoms with Crippen molar-refractivity contribution in [2.45, 2.75) is 25.8 Å². The standard InChI is InChI=1S/C22H24N2O3S/c1-13-8-14(2)17-10-15(3)22(24-19(17)9-13)28-12-21(25)23-18-7-6-16(26-4)11-20(18)27-5/h6-11H,12H2,1-5H3,(H,23,25). The van der Waals surface area contributed by atoms with Crippen molar-refractivity contribution in [3.8, 4) is 11.5 Å². The van der Waals surface area contributed by atoms with E-state index < -0.39 is 0 Å². The Morgan fingerprint density at radius 2 is 1.82 bits per heavy atom. The minimum absolute atomic E-state index is 0.116. The molecule has 0 bridgehead atoms. The molecule has 1 amide bonds. The molecule has 0 unspecified atom stereocenters.